The Balaban J connectivity index is 2.13. The number of ether oxygens (including phenoxy) is 1. The minimum absolute atomic E-state index is 0.267. The zero-order chi connectivity index (χ0) is 12.3. The Labute approximate surface area is 108 Å². The lowest BCUT2D eigenvalue weighted by molar-refractivity contribution is 0.410. The van der Waals surface area contributed by atoms with E-state index in [0.717, 1.165) is 11.3 Å². The Morgan fingerprint density at radius 2 is 2.35 bits per heavy atom. The monoisotopic (exact) mass is 270 g/mol. The summed E-state index contributed by atoms with van der Waals surface area (Å²) >= 11 is 7.31. The molecule has 0 saturated heterocycles. The predicted octanol–water partition coefficient (Wildman–Crippen LogP) is 2.39. The second-order valence-electron chi connectivity index (χ2n) is 3.23. The van der Waals surface area contributed by atoms with Gasteiger partial charge in [-0.15, -0.1) is 0 Å². The van der Waals surface area contributed by atoms with E-state index >= 15 is 0 Å². The molecule has 5 nitrogen and oxygen atoms in total. The summed E-state index contributed by atoms with van der Waals surface area (Å²) < 4.78 is 9.11. The number of anilines is 2. The Kier molecular flexibility index (Phi) is 3.65. The van der Waals surface area contributed by atoms with Crippen LogP contribution in [0.4, 0.5) is 11.1 Å². The third-order valence-electron chi connectivity index (χ3n) is 2.15. The number of benzene rings is 1. The van der Waals surface area contributed by atoms with E-state index in [0.29, 0.717) is 16.7 Å². The van der Waals surface area contributed by atoms with Crippen LogP contribution in [-0.4, -0.2) is 16.5 Å². The van der Waals surface area contributed by atoms with Gasteiger partial charge in [0.1, 0.15) is 5.75 Å². The molecule has 0 aliphatic rings. The second-order valence-corrected chi connectivity index (χ2v) is 4.39. The first-order chi connectivity index (χ1) is 8.20. The van der Waals surface area contributed by atoms with E-state index in [1.807, 2.05) is 18.2 Å². The van der Waals surface area contributed by atoms with Gasteiger partial charge in [0.05, 0.1) is 7.11 Å². The van der Waals surface area contributed by atoms with Crippen molar-refractivity contribution in [1.82, 2.24) is 9.36 Å². The van der Waals surface area contributed by atoms with Gasteiger partial charge in [-0.2, -0.15) is 9.36 Å². The van der Waals surface area contributed by atoms with Crippen molar-refractivity contribution in [2.45, 2.75) is 6.54 Å². The number of methoxy groups -OCH3 is 1. The SMILES string of the molecule is COc1cccc(Cl)c1CNc1nc(N)ns1. The molecule has 0 fully saturated rings. The van der Waals surface area contributed by atoms with Crippen LogP contribution in [0, 0.1) is 0 Å². The van der Waals surface area contributed by atoms with E-state index in [-0.39, 0.29) is 5.95 Å². The van der Waals surface area contributed by atoms with Crippen molar-refractivity contribution < 1.29 is 4.74 Å². The summed E-state index contributed by atoms with van der Waals surface area (Å²) in [5.41, 5.74) is 6.31. The molecule has 3 N–H and O–H groups in total. The van der Waals surface area contributed by atoms with Crippen LogP contribution in [0.3, 0.4) is 0 Å². The molecule has 0 bridgehead atoms. The molecule has 90 valence electrons. The van der Waals surface area contributed by atoms with Crippen LogP contribution in [-0.2, 0) is 6.54 Å². The molecule has 0 atom stereocenters. The molecule has 0 spiro atoms. The summed E-state index contributed by atoms with van der Waals surface area (Å²) in [6, 6.07) is 5.51. The number of hydrogen-bond acceptors (Lipinski definition) is 6. The number of aromatic nitrogens is 2. The van der Waals surface area contributed by atoms with Gasteiger partial charge >= 0.3 is 0 Å². The molecule has 0 unspecified atom stereocenters. The van der Waals surface area contributed by atoms with Gasteiger partial charge in [-0.1, -0.05) is 17.7 Å². The number of nitrogens with two attached hydrogens (primary N) is 1. The number of nitrogens with zero attached hydrogens (tertiary/aromatic N) is 2. The molecule has 2 rings (SSSR count). The van der Waals surface area contributed by atoms with Crippen molar-refractivity contribution >= 4 is 34.2 Å². The first-order valence-corrected chi connectivity index (χ1v) is 6.00. The van der Waals surface area contributed by atoms with Crippen molar-refractivity contribution in [3.63, 3.8) is 0 Å². The minimum atomic E-state index is 0.267. The average molecular weight is 271 g/mol. The predicted molar refractivity (Wildman–Crippen MR) is 69.7 cm³/mol. The molecule has 2 aromatic rings. The molecular weight excluding hydrogens is 260 g/mol. The highest BCUT2D eigenvalue weighted by molar-refractivity contribution is 7.09. The van der Waals surface area contributed by atoms with E-state index in [1.165, 1.54) is 11.5 Å². The van der Waals surface area contributed by atoms with Gasteiger partial charge in [-0.3, -0.25) is 0 Å². The Morgan fingerprint density at radius 3 is 3.00 bits per heavy atom. The van der Waals surface area contributed by atoms with Gasteiger partial charge in [0, 0.05) is 28.7 Å². The van der Waals surface area contributed by atoms with Gasteiger partial charge in [0.25, 0.3) is 0 Å². The molecule has 1 heterocycles. The Bertz CT molecular complexity index is 517. The molecule has 0 aliphatic heterocycles. The highest BCUT2D eigenvalue weighted by Gasteiger charge is 2.08. The van der Waals surface area contributed by atoms with Crippen LogP contribution in [0.25, 0.3) is 0 Å². The smallest absolute Gasteiger partial charge is 0.233 e. The van der Waals surface area contributed by atoms with Gasteiger partial charge in [-0.05, 0) is 12.1 Å². The van der Waals surface area contributed by atoms with E-state index in [4.69, 9.17) is 22.1 Å². The average Bonchev–Trinajstić information content (AvgIpc) is 2.73. The third kappa shape index (κ3) is 2.78. The van der Waals surface area contributed by atoms with E-state index in [2.05, 4.69) is 14.7 Å². The summed E-state index contributed by atoms with van der Waals surface area (Å²) in [6.45, 7) is 0.511. The maximum atomic E-state index is 6.10. The Morgan fingerprint density at radius 1 is 1.53 bits per heavy atom. The highest BCUT2D eigenvalue weighted by Crippen LogP contribution is 2.27. The van der Waals surface area contributed by atoms with E-state index in [1.54, 1.807) is 7.11 Å². The van der Waals surface area contributed by atoms with Crippen molar-refractivity contribution in [2.75, 3.05) is 18.2 Å². The van der Waals surface area contributed by atoms with Crippen LogP contribution < -0.4 is 15.8 Å². The zero-order valence-corrected chi connectivity index (χ0v) is 10.7. The van der Waals surface area contributed by atoms with Crippen LogP contribution in [0.5, 0.6) is 5.75 Å². The fourth-order valence-electron chi connectivity index (χ4n) is 1.37. The summed E-state index contributed by atoms with van der Waals surface area (Å²) in [5, 5.41) is 4.40. The number of rotatable bonds is 4. The molecule has 0 saturated carbocycles. The fraction of sp³-hybridized carbons (Fsp3) is 0.200. The molecule has 0 aliphatic carbocycles. The van der Waals surface area contributed by atoms with Gasteiger partial charge in [0.2, 0.25) is 11.1 Å². The normalized spacial score (nSPS) is 10.2. The fourth-order valence-corrected chi connectivity index (χ4v) is 2.10. The lowest BCUT2D eigenvalue weighted by Gasteiger charge is -2.10. The van der Waals surface area contributed by atoms with E-state index in [9.17, 15) is 0 Å². The lowest BCUT2D eigenvalue weighted by atomic mass is 10.2. The molecule has 1 aromatic heterocycles. The molecule has 0 amide bonds. The topological polar surface area (TPSA) is 73.1 Å². The first kappa shape index (κ1) is 11.9. The van der Waals surface area contributed by atoms with Crippen molar-refractivity contribution in [2.24, 2.45) is 0 Å². The summed E-state index contributed by atoms with van der Waals surface area (Å²) in [7, 11) is 1.61. The highest BCUT2D eigenvalue weighted by atomic mass is 35.5. The summed E-state index contributed by atoms with van der Waals surface area (Å²) in [4.78, 5) is 4.00. The molecule has 7 heteroatoms. The largest absolute Gasteiger partial charge is 0.496 e. The number of halogens is 1. The van der Waals surface area contributed by atoms with Gasteiger partial charge in [-0.25, -0.2) is 0 Å². The molecule has 1 aromatic carbocycles. The maximum Gasteiger partial charge on any atom is 0.233 e. The number of hydrogen-bond donors (Lipinski definition) is 2. The third-order valence-corrected chi connectivity index (χ3v) is 3.19. The number of nitrogen functional groups attached to an aromatic ring is 1. The first-order valence-electron chi connectivity index (χ1n) is 4.85. The van der Waals surface area contributed by atoms with Crippen molar-refractivity contribution in [3.8, 4) is 5.75 Å². The number of nitrogens with one attached hydrogen (secondary N) is 1. The van der Waals surface area contributed by atoms with Crippen molar-refractivity contribution in [1.29, 1.82) is 0 Å². The maximum absolute atomic E-state index is 6.10. The van der Waals surface area contributed by atoms with Crippen LogP contribution >= 0.6 is 23.1 Å². The summed E-state index contributed by atoms with van der Waals surface area (Å²) in [5.74, 6) is 1.01. The summed E-state index contributed by atoms with van der Waals surface area (Å²) in [6.07, 6.45) is 0. The quantitative estimate of drug-likeness (QED) is 0.892. The van der Waals surface area contributed by atoms with Gasteiger partial charge < -0.3 is 15.8 Å². The van der Waals surface area contributed by atoms with Crippen LogP contribution in [0.1, 0.15) is 5.56 Å². The van der Waals surface area contributed by atoms with Crippen LogP contribution in [0.15, 0.2) is 18.2 Å². The lowest BCUT2D eigenvalue weighted by Crippen LogP contribution is -2.02. The zero-order valence-electron chi connectivity index (χ0n) is 9.11. The van der Waals surface area contributed by atoms with E-state index < -0.39 is 0 Å². The molecule has 17 heavy (non-hydrogen) atoms. The van der Waals surface area contributed by atoms with Gasteiger partial charge in [0.15, 0.2) is 0 Å². The Hall–Kier alpha value is -1.53. The second kappa shape index (κ2) is 5.20. The molecular formula is C10H11ClN4OS. The standard InChI is InChI=1S/C10H11ClN4OS/c1-16-8-4-2-3-7(11)6(8)5-13-10-14-9(12)15-17-10/h2-4H,5H2,1H3,(H3,12,13,14,15). The van der Waals surface area contributed by atoms with Crippen molar-refractivity contribution in [3.05, 3.63) is 28.8 Å². The molecule has 0 radical (unpaired) electrons. The van der Waals surface area contributed by atoms with Crippen LogP contribution in [0.2, 0.25) is 5.02 Å². The minimum Gasteiger partial charge on any atom is -0.496 e.